The van der Waals surface area contributed by atoms with Crippen molar-refractivity contribution in [1.82, 2.24) is 9.29 Å². The van der Waals surface area contributed by atoms with E-state index in [2.05, 4.69) is 25.8 Å². The first kappa shape index (κ1) is 19.5. The van der Waals surface area contributed by atoms with Crippen molar-refractivity contribution >= 4 is 42.4 Å². The van der Waals surface area contributed by atoms with Gasteiger partial charge in [-0.2, -0.15) is 4.31 Å². The van der Waals surface area contributed by atoms with Crippen LogP contribution in [0.3, 0.4) is 0 Å². The second kappa shape index (κ2) is 7.90. The number of aromatic nitrogens is 1. The predicted octanol–water partition coefficient (Wildman–Crippen LogP) is 4.22. The average Bonchev–Trinajstić information content (AvgIpc) is 3.19. The molecule has 1 aliphatic rings. The molecule has 0 aliphatic carbocycles. The molecule has 0 radical (unpaired) electrons. The molecule has 4 rings (SSSR count). The van der Waals surface area contributed by atoms with Crippen molar-refractivity contribution in [3.63, 3.8) is 0 Å². The van der Waals surface area contributed by atoms with E-state index in [0.29, 0.717) is 30.7 Å². The zero-order chi connectivity index (χ0) is 19.7. The van der Waals surface area contributed by atoms with E-state index in [1.807, 2.05) is 5.38 Å². The highest BCUT2D eigenvalue weighted by Crippen LogP contribution is 2.30. The monoisotopic (exact) mass is 481 g/mol. The third kappa shape index (κ3) is 3.84. The van der Waals surface area contributed by atoms with E-state index < -0.39 is 10.0 Å². The number of rotatable bonds is 4. The summed E-state index contributed by atoms with van der Waals surface area (Å²) in [7, 11) is -3.53. The maximum Gasteiger partial charge on any atom is 0.244 e. The summed E-state index contributed by atoms with van der Waals surface area (Å²) in [5.41, 5.74) is 1.65. The van der Waals surface area contributed by atoms with Crippen molar-refractivity contribution < 1.29 is 12.8 Å². The van der Waals surface area contributed by atoms with Crippen molar-refractivity contribution in [1.29, 1.82) is 0 Å². The van der Waals surface area contributed by atoms with Crippen LogP contribution >= 0.6 is 27.3 Å². The predicted molar refractivity (Wildman–Crippen MR) is 113 cm³/mol. The summed E-state index contributed by atoms with van der Waals surface area (Å²) in [6, 6.07) is 13.1. The van der Waals surface area contributed by atoms with E-state index >= 15 is 0 Å². The van der Waals surface area contributed by atoms with E-state index in [-0.39, 0.29) is 10.7 Å². The molecule has 0 unspecified atom stereocenters. The Hall–Kier alpha value is -1.81. The van der Waals surface area contributed by atoms with E-state index in [4.69, 9.17) is 0 Å². The highest BCUT2D eigenvalue weighted by Gasteiger charge is 2.30. The van der Waals surface area contributed by atoms with Crippen LogP contribution in [0.5, 0.6) is 0 Å². The van der Waals surface area contributed by atoms with E-state index in [0.717, 1.165) is 16.4 Å². The van der Waals surface area contributed by atoms with Crippen LogP contribution < -0.4 is 4.90 Å². The molecule has 146 valence electrons. The van der Waals surface area contributed by atoms with Crippen molar-refractivity contribution in [2.24, 2.45) is 0 Å². The molecule has 1 aromatic heterocycles. The zero-order valence-electron chi connectivity index (χ0n) is 14.8. The molecule has 28 heavy (non-hydrogen) atoms. The average molecular weight is 482 g/mol. The molecule has 1 saturated heterocycles. The smallest absolute Gasteiger partial charge is 0.244 e. The summed E-state index contributed by atoms with van der Waals surface area (Å²) >= 11 is 4.84. The summed E-state index contributed by atoms with van der Waals surface area (Å²) in [4.78, 5) is 7.02. The second-order valence-electron chi connectivity index (χ2n) is 6.34. The Balaban J connectivity index is 1.46. The number of thiazole rings is 1. The quantitative estimate of drug-likeness (QED) is 0.559. The van der Waals surface area contributed by atoms with Crippen LogP contribution in [0.2, 0.25) is 0 Å². The number of anilines is 1. The van der Waals surface area contributed by atoms with Crippen molar-refractivity contribution in [2.45, 2.75) is 4.90 Å². The second-order valence-corrected chi connectivity index (χ2v) is 9.94. The lowest BCUT2D eigenvalue weighted by Crippen LogP contribution is -2.48. The number of sulfonamides is 1. The summed E-state index contributed by atoms with van der Waals surface area (Å²) in [5.74, 6) is -0.276. The van der Waals surface area contributed by atoms with E-state index in [1.54, 1.807) is 36.4 Å². The molecular weight excluding hydrogens is 465 g/mol. The van der Waals surface area contributed by atoms with Gasteiger partial charge in [-0.05, 0) is 52.3 Å². The molecule has 0 amide bonds. The van der Waals surface area contributed by atoms with Gasteiger partial charge < -0.3 is 4.90 Å². The fourth-order valence-corrected chi connectivity index (χ4v) is 6.35. The van der Waals surface area contributed by atoms with Gasteiger partial charge in [0.05, 0.1) is 10.6 Å². The first-order valence-electron chi connectivity index (χ1n) is 8.66. The van der Waals surface area contributed by atoms with Crippen LogP contribution in [-0.2, 0) is 10.0 Å². The number of nitrogens with zero attached hydrogens (tertiary/aromatic N) is 3. The zero-order valence-corrected chi connectivity index (χ0v) is 18.0. The van der Waals surface area contributed by atoms with E-state index in [1.165, 1.54) is 27.8 Å². The van der Waals surface area contributed by atoms with Gasteiger partial charge in [0.15, 0.2) is 5.13 Å². The van der Waals surface area contributed by atoms with Gasteiger partial charge in [-0.3, -0.25) is 0 Å². The third-order valence-electron chi connectivity index (χ3n) is 4.60. The lowest BCUT2D eigenvalue weighted by atomic mass is 10.2. The topological polar surface area (TPSA) is 53.5 Å². The van der Waals surface area contributed by atoms with Crippen LogP contribution in [0.1, 0.15) is 0 Å². The molecule has 0 atom stereocenters. The lowest BCUT2D eigenvalue weighted by Gasteiger charge is -2.33. The minimum absolute atomic E-state index is 0.276. The van der Waals surface area contributed by atoms with Crippen LogP contribution in [-0.4, -0.2) is 43.9 Å². The first-order valence-corrected chi connectivity index (χ1v) is 11.8. The molecule has 0 bridgehead atoms. The molecule has 9 heteroatoms. The maximum absolute atomic E-state index is 13.1. The molecule has 5 nitrogen and oxygen atoms in total. The fraction of sp³-hybridized carbons (Fsp3) is 0.211. The van der Waals surface area contributed by atoms with Gasteiger partial charge >= 0.3 is 0 Å². The Morgan fingerprint density at radius 1 is 1.00 bits per heavy atom. The van der Waals surface area contributed by atoms with Crippen molar-refractivity contribution in [3.05, 3.63) is 64.2 Å². The highest BCUT2D eigenvalue weighted by molar-refractivity contribution is 9.10. The van der Waals surface area contributed by atoms with Crippen LogP contribution in [0, 0.1) is 5.82 Å². The van der Waals surface area contributed by atoms with Crippen LogP contribution in [0.4, 0.5) is 9.52 Å². The number of benzene rings is 2. The van der Waals surface area contributed by atoms with Gasteiger partial charge in [0.25, 0.3) is 0 Å². The third-order valence-corrected chi connectivity index (χ3v) is 8.41. The van der Waals surface area contributed by atoms with Crippen molar-refractivity contribution in [2.75, 3.05) is 31.1 Å². The Morgan fingerprint density at radius 2 is 1.68 bits per heavy atom. The Kier molecular flexibility index (Phi) is 5.50. The molecular formula is C19H17BrFN3O2S2. The standard InChI is InChI=1S/C19H17BrFN3O2S2/c20-16-3-1-2-4-18(16)28(25,26)24-11-9-23(10-12-24)19-22-17(13-27-19)14-5-7-15(21)8-6-14/h1-8,13H,9-12H2. The fourth-order valence-electron chi connectivity index (χ4n) is 3.08. The van der Waals surface area contributed by atoms with Gasteiger partial charge in [0, 0.05) is 41.6 Å². The summed E-state index contributed by atoms with van der Waals surface area (Å²) in [6.07, 6.45) is 0. The molecule has 0 saturated carbocycles. The minimum Gasteiger partial charge on any atom is -0.345 e. The Labute approximate surface area is 175 Å². The SMILES string of the molecule is O=S(=O)(c1ccccc1Br)N1CCN(c2nc(-c3ccc(F)cc3)cs2)CC1. The van der Waals surface area contributed by atoms with Crippen LogP contribution in [0.25, 0.3) is 11.3 Å². The van der Waals surface area contributed by atoms with Gasteiger partial charge in [-0.15, -0.1) is 11.3 Å². The Bertz CT molecular complexity index is 1080. The molecule has 3 aromatic rings. The summed E-state index contributed by atoms with van der Waals surface area (Å²) in [6.45, 7) is 1.93. The summed E-state index contributed by atoms with van der Waals surface area (Å²) in [5, 5.41) is 2.78. The largest absolute Gasteiger partial charge is 0.345 e. The van der Waals surface area contributed by atoms with E-state index in [9.17, 15) is 12.8 Å². The molecule has 0 N–H and O–H groups in total. The normalized spacial score (nSPS) is 15.7. The molecule has 0 spiro atoms. The van der Waals surface area contributed by atoms with Gasteiger partial charge in [-0.25, -0.2) is 17.8 Å². The van der Waals surface area contributed by atoms with Gasteiger partial charge in [0.1, 0.15) is 5.82 Å². The molecule has 1 fully saturated rings. The lowest BCUT2D eigenvalue weighted by molar-refractivity contribution is 0.384. The minimum atomic E-state index is -3.53. The molecule has 1 aliphatic heterocycles. The maximum atomic E-state index is 13.1. The van der Waals surface area contributed by atoms with Crippen LogP contribution in [0.15, 0.2) is 63.3 Å². The number of hydrogen-bond acceptors (Lipinski definition) is 5. The number of hydrogen-bond donors (Lipinski definition) is 0. The van der Waals surface area contributed by atoms with Crippen molar-refractivity contribution in [3.8, 4) is 11.3 Å². The Morgan fingerprint density at radius 3 is 2.36 bits per heavy atom. The first-order chi connectivity index (χ1) is 13.4. The highest BCUT2D eigenvalue weighted by atomic mass is 79.9. The number of piperazine rings is 1. The summed E-state index contributed by atoms with van der Waals surface area (Å²) < 4.78 is 41.0. The number of halogens is 2. The van der Waals surface area contributed by atoms with Gasteiger partial charge in [0.2, 0.25) is 10.0 Å². The van der Waals surface area contributed by atoms with Gasteiger partial charge in [-0.1, -0.05) is 12.1 Å². The molecule has 2 heterocycles. The molecule has 2 aromatic carbocycles.